The monoisotopic (exact) mass is 481 g/mol. The highest BCUT2D eigenvalue weighted by atomic mass is 35.5. The Hall–Kier alpha value is -2.99. The van der Waals surface area contributed by atoms with Crippen LogP contribution in [0.4, 0.5) is 5.69 Å². The van der Waals surface area contributed by atoms with E-state index < -0.39 is 0 Å². The molecule has 2 aliphatic rings. The van der Waals surface area contributed by atoms with Crippen LogP contribution in [0.15, 0.2) is 30.5 Å². The van der Waals surface area contributed by atoms with E-state index in [1.54, 1.807) is 12.1 Å². The van der Waals surface area contributed by atoms with Crippen molar-refractivity contribution < 1.29 is 14.3 Å². The number of benzene rings is 1. The number of ether oxygens (including phenoxy) is 1. The molecule has 4 rings (SSSR count). The van der Waals surface area contributed by atoms with Crippen molar-refractivity contribution in [2.24, 2.45) is 0 Å². The lowest BCUT2D eigenvalue weighted by atomic mass is 10.0. The molecule has 0 spiro atoms. The molecule has 2 fully saturated rings. The zero-order valence-corrected chi connectivity index (χ0v) is 20.1. The summed E-state index contributed by atoms with van der Waals surface area (Å²) in [5, 5.41) is 12.5. The molecule has 2 atom stereocenters. The first-order chi connectivity index (χ1) is 16.4. The Morgan fingerprint density at radius 1 is 1.32 bits per heavy atom. The van der Waals surface area contributed by atoms with Gasteiger partial charge >= 0.3 is 0 Å². The van der Waals surface area contributed by atoms with E-state index in [4.69, 9.17) is 21.6 Å². The van der Waals surface area contributed by atoms with Crippen LogP contribution in [-0.2, 0) is 16.1 Å². The number of aromatic nitrogens is 1. The van der Waals surface area contributed by atoms with Gasteiger partial charge in [-0.15, -0.1) is 0 Å². The molecule has 0 bridgehead atoms. The van der Waals surface area contributed by atoms with Crippen molar-refractivity contribution in [3.8, 4) is 6.07 Å². The van der Waals surface area contributed by atoms with Gasteiger partial charge in [-0.2, -0.15) is 5.26 Å². The van der Waals surface area contributed by atoms with Crippen LogP contribution in [0.5, 0.6) is 0 Å². The first kappa shape index (κ1) is 24.1. The molecule has 2 aromatic rings. The Bertz CT molecular complexity index is 1130. The maximum Gasteiger partial charge on any atom is 0.255 e. The van der Waals surface area contributed by atoms with Crippen molar-refractivity contribution in [2.45, 2.75) is 45.4 Å². The highest BCUT2D eigenvalue weighted by molar-refractivity contribution is 6.31. The lowest BCUT2D eigenvalue weighted by Gasteiger charge is -2.41. The van der Waals surface area contributed by atoms with Gasteiger partial charge in [0.1, 0.15) is 17.9 Å². The van der Waals surface area contributed by atoms with Crippen LogP contribution < -0.4 is 5.32 Å². The van der Waals surface area contributed by atoms with Crippen LogP contribution in [0.2, 0.25) is 5.02 Å². The molecule has 0 radical (unpaired) electrons. The molecule has 1 N–H and O–H groups in total. The van der Waals surface area contributed by atoms with Gasteiger partial charge in [0, 0.05) is 61.3 Å². The van der Waals surface area contributed by atoms with Crippen LogP contribution in [0.25, 0.3) is 0 Å². The number of carbonyl (C=O) groups excluding carboxylic acids is 2. The number of hydrogen-bond acceptors (Lipinski definition) is 6. The van der Waals surface area contributed by atoms with Crippen LogP contribution in [0, 0.1) is 18.3 Å². The molecular weight excluding hydrogens is 454 g/mol. The van der Waals surface area contributed by atoms with E-state index in [1.807, 2.05) is 24.0 Å². The number of piperazine rings is 1. The summed E-state index contributed by atoms with van der Waals surface area (Å²) in [6.07, 6.45) is 2.89. The Balaban J connectivity index is 1.43. The molecule has 2 amide bonds. The van der Waals surface area contributed by atoms with Gasteiger partial charge in [0.05, 0.1) is 0 Å². The second kappa shape index (κ2) is 10.5. The number of pyridine rings is 1. The Morgan fingerprint density at radius 3 is 2.85 bits per heavy atom. The molecule has 0 aliphatic carbocycles. The fourth-order valence-electron chi connectivity index (χ4n) is 4.56. The summed E-state index contributed by atoms with van der Waals surface area (Å²) in [5.74, 6) is -0.227. The first-order valence-electron chi connectivity index (χ1n) is 11.5. The molecule has 3 heterocycles. The number of anilines is 1. The van der Waals surface area contributed by atoms with Gasteiger partial charge in [0.25, 0.3) is 11.8 Å². The molecule has 9 heteroatoms. The van der Waals surface area contributed by atoms with Crippen LogP contribution in [0.3, 0.4) is 0 Å². The summed E-state index contributed by atoms with van der Waals surface area (Å²) in [6.45, 7) is 7.51. The van der Waals surface area contributed by atoms with Gasteiger partial charge in [-0.1, -0.05) is 11.6 Å². The van der Waals surface area contributed by atoms with Gasteiger partial charge in [0.15, 0.2) is 0 Å². The van der Waals surface area contributed by atoms with Crippen molar-refractivity contribution >= 4 is 29.1 Å². The molecule has 1 aromatic carbocycles. The molecule has 1 unspecified atom stereocenters. The predicted molar refractivity (Wildman–Crippen MR) is 129 cm³/mol. The molecule has 2 saturated heterocycles. The second-order valence-electron chi connectivity index (χ2n) is 8.85. The fourth-order valence-corrected chi connectivity index (χ4v) is 4.80. The van der Waals surface area contributed by atoms with E-state index >= 15 is 0 Å². The minimum absolute atomic E-state index is 0.0881. The number of carbonyl (C=O) groups is 2. The zero-order valence-electron chi connectivity index (χ0n) is 19.4. The third-order valence-corrected chi connectivity index (χ3v) is 6.68. The normalized spacial score (nSPS) is 20.7. The summed E-state index contributed by atoms with van der Waals surface area (Å²) in [4.78, 5) is 33.7. The van der Waals surface area contributed by atoms with Crippen LogP contribution in [-0.4, -0.2) is 65.0 Å². The molecule has 2 aliphatic heterocycles. The molecule has 178 valence electrons. The van der Waals surface area contributed by atoms with E-state index in [0.29, 0.717) is 36.0 Å². The van der Waals surface area contributed by atoms with Crippen molar-refractivity contribution in [3.63, 3.8) is 0 Å². The van der Waals surface area contributed by atoms with Gasteiger partial charge in [0.2, 0.25) is 0 Å². The third kappa shape index (κ3) is 5.39. The summed E-state index contributed by atoms with van der Waals surface area (Å²) in [7, 11) is 0. The van der Waals surface area contributed by atoms with E-state index in [2.05, 4.69) is 22.1 Å². The standard InChI is InChI=1S/C25H28ClN5O3/c1-16-14-30(7-8-31(16)25(33)23-4-3-9-34-23)15-19-10-20(26)12-22(17(19)2)29-24(32)18-5-6-28-21(11-18)13-27/h5-6,10-12,16,23H,3-4,7-9,14-15H2,1-2H3,(H,29,32)/t16-,23?/m0/s1. The minimum Gasteiger partial charge on any atom is -0.368 e. The highest BCUT2D eigenvalue weighted by Gasteiger charge is 2.34. The smallest absolute Gasteiger partial charge is 0.255 e. The predicted octanol–water partition coefficient (Wildman–Crippen LogP) is 3.38. The molecule has 34 heavy (non-hydrogen) atoms. The second-order valence-corrected chi connectivity index (χ2v) is 9.29. The third-order valence-electron chi connectivity index (χ3n) is 6.46. The zero-order chi connectivity index (χ0) is 24.2. The lowest BCUT2D eigenvalue weighted by molar-refractivity contribution is -0.145. The quantitative estimate of drug-likeness (QED) is 0.703. The molecular formula is C25H28ClN5O3. The Kier molecular flexibility index (Phi) is 7.47. The van der Waals surface area contributed by atoms with Gasteiger partial charge < -0.3 is 15.0 Å². The topological polar surface area (TPSA) is 98.6 Å². The number of hydrogen-bond donors (Lipinski definition) is 1. The van der Waals surface area contributed by atoms with Crippen molar-refractivity contribution in [3.05, 3.63) is 57.9 Å². The maximum absolute atomic E-state index is 12.8. The number of nitriles is 1. The number of nitrogens with one attached hydrogen (secondary N) is 1. The number of nitrogens with zero attached hydrogens (tertiary/aromatic N) is 4. The highest BCUT2D eigenvalue weighted by Crippen LogP contribution is 2.27. The molecule has 1 aromatic heterocycles. The number of rotatable bonds is 5. The van der Waals surface area contributed by atoms with Crippen molar-refractivity contribution in [1.29, 1.82) is 5.26 Å². The van der Waals surface area contributed by atoms with E-state index in [0.717, 1.165) is 37.1 Å². The average molecular weight is 482 g/mol. The summed E-state index contributed by atoms with van der Waals surface area (Å²) in [5.41, 5.74) is 3.11. The number of amides is 2. The maximum atomic E-state index is 12.8. The minimum atomic E-state index is -0.329. The van der Waals surface area contributed by atoms with Crippen LogP contribution >= 0.6 is 11.6 Å². The summed E-state index contributed by atoms with van der Waals surface area (Å²) >= 11 is 6.39. The lowest BCUT2D eigenvalue weighted by Crippen LogP contribution is -2.55. The molecule has 0 saturated carbocycles. The van der Waals surface area contributed by atoms with E-state index in [-0.39, 0.29) is 29.7 Å². The Morgan fingerprint density at radius 2 is 2.15 bits per heavy atom. The van der Waals surface area contributed by atoms with Gasteiger partial charge in [-0.25, -0.2) is 4.98 Å². The SMILES string of the molecule is Cc1c(CN2CCN(C(=O)C3CCCO3)[C@@H](C)C2)cc(Cl)cc1NC(=O)c1ccnc(C#N)c1. The Labute approximate surface area is 204 Å². The fraction of sp³-hybridized carbons (Fsp3) is 0.440. The van der Waals surface area contributed by atoms with Crippen LogP contribution in [0.1, 0.15) is 46.9 Å². The van der Waals surface area contributed by atoms with Crippen molar-refractivity contribution in [1.82, 2.24) is 14.8 Å². The average Bonchev–Trinajstić information content (AvgIpc) is 3.37. The number of halogens is 1. The summed E-state index contributed by atoms with van der Waals surface area (Å²) < 4.78 is 5.58. The summed E-state index contributed by atoms with van der Waals surface area (Å²) in [6, 6.07) is 8.69. The van der Waals surface area contributed by atoms with Gasteiger partial charge in [-0.05, 0) is 62.1 Å². The van der Waals surface area contributed by atoms with E-state index in [1.165, 1.54) is 12.3 Å². The van der Waals surface area contributed by atoms with Gasteiger partial charge in [-0.3, -0.25) is 14.5 Å². The molecule has 8 nitrogen and oxygen atoms in total. The first-order valence-corrected chi connectivity index (χ1v) is 11.8. The van der Waals surface area contributed by atoms with Crippen molar-refractivity contribution in [2.75, 3.05) is 31.6 Å². The largest absolute Gasteiger partial charge is 0.368 e. The van der Waals surface area contributed by atoms with E-state index in [9.17, 15) is 9.59 Å².